The highest BCUT2D eigenvalue weighted by Gasteiger charge is 2.28. The number of sulfonamides is 1. The van der Waals surface area contributed by atoms with Crippen molar-refractivity contribution in [3.63, 3.8) is 0 Å². The van der Waals surface area contributed by atoms with Crippen molar-refractivity contribution < 1.29 is 8.42 Å². The fourth-order valence-electron chi connectivity index (χ4n) is 2.96. The largest absolute Gasteiger partial charge is 0.324 e. The van der Waals surface area contributed by atoms with Crippen molar-refractivity contribution >= 4 is 33.3 Å². The van der Waals surface area contributed by atoms with Crippen molar-refractivity contribution in [2.24, 2.45) is 0 Å². The number of nitrogens with zero attached hydrogens (tertiary/aromatic N) is 4. The minimum Gasteiger partial charge on any atom is -0.324 e. The van der Waals surface area contributed by atoms with E-state index in [0.717, 1.165) is 24.8 Å². The van der Waals surface area contributed by atoms with Crippen LogP contribution < -0.4 is 10.0 Å². The summed E-state index contributed by atoms with van der Waals surface area (Å²) in [5.74, 6) is 1.51. The minimum absolute atomic E-state index is 0.0534. The third-order valence-electron chi connectivity index (χ3n) is 4.67. The standard InChI is InChI=1S/C19H19ClN6O2S/c1-12-22-10-7-17(23-12)24-19-15(13-5-8-21-9-6-13)11-16(18(20)25-19)29(27,28)26-14-3-2-4-14/h5-11,14,26H,2-4H2,1H3,(H,22,23,24,25). The number of halogens is 1. The minimum atomic E-state index is -3.79. The number of pyridine rings is 2. The molecule has 1 aliphatic rings. The molecule has 10 heteroatoms. The molecule has 2 N–H and O–H groups in total. The Morgan fingerprint density at radius 1 is 1.10 bits per heavy atom. The lowest BCUT2D eigenvalue weighted by Gasteiger charge is -2.26. The first kappa shape index (κ1) is 19.7. The number of aryl methyl sites for hydroxylation is 1. The molecule has 0 radical (unpaired) electrons. The number of aromatic nitrogens is 4. The second-order valence-electron chi connectivity index (χ2n) is 6.77. The number of hydrogen-bond donors (Lipinski definition) is 2. The Balaban J connectivity index is 1.79. The average molecular weight is 431 g/mol. The zero-order chi connectivity index (χ0) is 20.4. The molecule has 150 valence electrons. The first-order chi connectivity index (χ1) is 13.9. The lowest BCUT2D eigenvalue weighted by atomic mass is 9.94. The maximum absolute atomic E-state index is 12.9. The van der Waals surface area contributed by atoms with Gasteiger partial charge in [0.1, 0.15) is 22.4 Å². The van der Waals surface area contributed by atoms with Gasteiger partial charge < -0.3 is 5.32 Å². The fourth-order valence-corrected chi connectivity index (χ4v) is 4.75. The molecular formula is C19H19ClN6O2S. The van der Waals surface area contributed by atoms with Gasteiger partial charge in [-0.15, -0.1) is 0 Å². The summed E-state index contributed by atoms with van der Waals surface area (Å²) in [5, 5.41) is 3.00. The summed E-state index contributed by atoms with van der Waals surface area (Å²) in [6.07, 6.45) is 7.55. The van der Waals surface area contributed by atoms with Crippen LogP contribution in [0.5, 0.6) is 0 Å². The predicted molar refractivity (Wildman–Crippen MR) is 110 cm³/mol. The first-order valence-corrected chi connectivity index (χ1v) is 11.0. The van der Waals surface area contributed by atoms with E-state index < -0.39 is 10.0 Å². The van der Waals surface area contributed by atoms with E-state index in [1.54, 1.807) is 43.7 Å². The van der Waals surface area contributed by atoms with Crippen LogP contribution in [-0.4, -0.2) is 34.4 Å². The van der Waals surface area contributed by atoms with E-state index in [9.17, 15) is 8.42 Å². The van der Waals surface area contributed by atoms with Gasteiger partial charge in [-0.2, -0.15) is 0 Å². The molecule has 0 amide bonds. The quantitative estimate of drug-likeness (QED) is 0.576. The van der Waals surface area contributed by atoms with Crippen molar-refractivity contribution in [3.8, 4) is 11.1 Å². The molecule has 8 nitrogen and oxygen atoms in total. The van der Waals surface area contributed by atoms with Gasteiger partial charge in [-0.25, -0.2) is 28.1 Å². The number of hydrogen-bond acceptors (Lipinski definition) is 7. The molecule has 3 aromatic heterocycles. The second kappa shape index (κ2) is 8.02. The van der Waals surface area contributed by atoms with Gasteiger partial charge in [0.25, 0.3) is 0 Å². The molecule has 0 bridgehead atoms. The summed E-state index contributed by atoms with van der Waals surface area (Å²) in [7, 11) is -3.79. The molecule has 0 saturated heterocycles. The van der Waals surface area contributed by atoms with Crippen LogP contribution in [0.2, 0.25) is 5.15 Å². The summed E-state index contributed by atoms with van der Waals surface area (Å²) in [6.45, 7) is 1.77. The Morgan fingerprint density at radius 2 is 1.86 bits per heavy atom. The SMILES string of the molecule is Cc1nccc(Nc2nc(Cl)c(S(=O)(=O)NC3CCC3)cc2-c2ccncc2)n1. The predicted octanol–water partition coefficient (Wildman–Crippen LogP) is 3.47. The van der Waals surface area contributed by atoms with Crippen molar-refractivity contribution in [2.45, 2.75) is 37.1 Å². The van der Waals surface area contributed by atoms with E-state index in [1.807, 2.05) is 0 Å². The van der Waals surface area contributed by atoms with Gasteiger partial charge in [-0.1, -0.05) is 18.0 Å². The van der Waals surface area contributed by atoms with Crippen molar-refractivity contribution in [3.05, 3.63) is 53.8 Å². The molecule has 4 rings (SSSR count). The topological polar surface area (TPSA) is 110 Å². The highest BCUT2D eigenvalue weighted by Crippen LogP contribution is 2.34. The fraction of sp³-hybridized carbons (Fsp3) is 0.263. The first-order valence-electron chi connectivity index (χ1n) is 9.12. The summed E-state index contributed by atoms with van der Waals surface area (Å²) >= 11 is 6.30. The maximum atomic E-state index is 12.9. The molecule has 0 atom stereocenters. The van der Waals surface area contributed by atoms with E-state index in [1.165, 1.54) is 6.07 Å². The molecule has 29 heavy (non-hydrogen) atoms. The Hall–Kier alpha value is -2.62. The van der Waals surface area contributed by atoms with Crippen LogP contribution in [0.1, 0.15) is 25.1 Å². The molecule has 0 spiro atoms. The van der Waals surface area contributed by atoms with Crippen LogP contribution in [0.15, 0.2) is 47.8 Å². The zero-order valence-corrected chi connectivity index (χ0v) is 17.2. The second-order valence-corrected chi connectivity index (χ2v) is 8.81. The van der Waals surface area contributed by atoms with E-state index in [2.05, 4.69) is 30.0 Å². The molecular weight excluding hydrogens is 412 g/mol. The van der Waals surface area contributed by atoms with Crippen LogP contribution in [0.25, 0.3) is 11.1 Å². The molecule has 1 aliphatic carbocycles. The van der Waals surface area contributed by atoms with Gasteiger partial charge in [0, 0.05) is 30.2 Å². The number of nitrogens with one attached hydrogen (secondary N) is 2. The van der Waals surface area contributed by atoms with Gasteiger partial charge >= 0.3 is 0 Å². The Bertz CT molecular complexity index is 1140. The molecule has 1 saturated carbocycles. The summed E-state index contributed by atoms with van der Waals surface area (Å²) in [6, 6.07) is 6.72. The van der Waals surface area contributed by atoms with Crippen molar-refractivity contribution in [1.29, 1.82) is 0 Å². The van der Waals surface area contributed by atoms with Crippen molar-refractivity contribution in [1.82, 2.24) is 24.7 Å². The van der Waals surface area contributed by atoms with Gasteiger partial charge in [0.15, 0.2) is 5.15 Å². The smallest absolute Gasteiger partial charge is 0.243 e. The van der Waals surface area contributed by atoms with Crippen LogP contribution in [-0.2, 0) is 10.0 Å². The van der Waals surface area contributed by atoms with Gasteiger partial charge in [-0.3, -0.25) is 4.98 Å². The van der Waals surface area contributed by atoms with E-state index >= 15 is 0 Å². The number of anilines is 2. The van der Waals surface area contributed by atoms with E-state index in [4.69, 9.17) is 11.6 Å². The van der Waals surface area contributed by atoms with Gasteiger partial charge in [-0.05, 0) is 49.6 Å². The molecule has 0 aromatic carbocycles. The van der Waals surface area contributed by atoms with Crippen molar-refractivity contribution in [2.75, 3.05) is 5.32 Å². The molecule has 3 heterocycles. The van der Waals surface area contributed by atoms with Gasteiger partial charge in [0.2, 0.25) is 10.0 Å². The third-order valence-corrected chi connectivity index (χ3v) is 6.61. The maximum Gasteiger partial charge on any atom is 0.243 e. The Labute approximate surface area is 173 Å². The van der Waals surface area contributed by atoms with Crippen LogP contribution in [0.3, 0.4) is 0 Å². The Kier molecular flexibility index (Phi) is 5.44. The average Bonchev–Trinajstić information content (AvgIpc) is 2.65. The summed E-state index contributed by atoms with van der Waals surface area (Å²) in [5.41, 5.74) is 1.32. The molecule has 1 fully saturated rings. The summed E-state index contributed by atoms with van der Waals surface area (Å²) in [4.78, 5) is 16.7. The highest BCUT2D eigenvalue weighted by atomic mass is 35.5. The van der Waals surface area contributed by atoms with Crippen LogP contribution in [0.4, 0.5) is 11.6 Å². The third kappa shape index (κ3) is 4.36. The van der Waals surface area contributed by atoms with Gasteiger partial charge in [0.05, 0.1) is 0 Å². The summed E-state index contributed by atoms with van der Waals surface area (Å²) < 4.78 is 28.4. The van der Waals surface area contributed by atoms with Crippen LogP contribution >= 0.6 is 11.6 Å². The van der Waals surface area contributed by atoms with Crippen LogP contribution in [0, 0.1) is 6.92 Å². The Morgan fingerprint density at radius 3 is 2.52 bits per heavy atom. The lowest BCUT2D eigenvalue weighted by Crippen LogP contribution is -2.39. The normalized spacial score (nSPS) is 14.4. The van der Waals surface area contributed by atoms with E-state index in [-0.39, 0.29) is 16.1 Å². The molecule has 0 unspecified atom stereocenters. The monoisotopic (exact) mass is 430 g/mol. The molecule has 3 aromatic rings. The van der Waals surface area contributed by atoms with E-state index in [0.29, 0.717) is 23.0 Å². The highest BCUT2D eigenvalue weighted by molar-refractivity contribution is 7.89. The molecule has 0 aliphatic heterocycles. The number of rotatable bonds is 6. The lowest BCUT2D eigenvalue weighted by molar-refractivity contribution is 0.383. The zero-order valence-electron chi connectivity index (χ0n) is 15.6.